The van der Waals surface area contributed by atoms with Crippen molar-refractivity contribution in [3.8, 4) is 0 Å². The molecule has 1 aliphatic rings. The maximum Gasteiger partial charge on any atom is -0.00167 e. The van der Waals surface area contributed by atoms with E-state index in [0.29, 0.717) is 0 Å². The Morgan fingerprint density at radius 1 is 1.24 bits per heavy atom. The van der Waals surface area contributed by atoms with Crippen molar-refractivity contribution in [1.82, 2.24) is 0 Å². The molecule has 0 aliphatic heterocycles. The standard InChI is InChI=1S/C17H20/c1-5-14-11-15-8-7-13(4)10-17(15)16(14)9-6-12(2)3/h5-10H,11H2,1-4H3/b14-5-,16-9+. The van der Waals surface area contributed by atoms with Gasteiger partial charge in [-0.05, 0) is 56.4 Å². The third kappa shape index (κ3) is 2.41. The Hall–Kier alpha value is -1.56. The summed E-state index contributed by atoms with van der Waals surface area (Å²) < 4.78 is 0. The van der Waals surface area contributed by atoms with Crippen molar-refractivity contribution in [2.24, 2.45) is 0 Å². The molecule has 0 fully saturated rings. The van der Waals surface area contributed by atoms with Crippen molar-refractivity contribution >= 4 is 5.57 Å². The summed E-state index contributed by atoms with van der Waals surface area (Å²) in [6.45, 7) is 8.56. The summed E-state index contributed by atoms with van der Waals surface area (Å²) >= 11 is 0. The van der Waals surface area contributed by atoms with Gasteiger partial charge < -0.3 is 0 Å². The van der Waals surface area contributed by atoms with E-state index in [2.05, 4.69) is 64.1 Å². The van der Waals surface area contributed by atoms with Gasteiger partial charge in [-0.1, -0.05) is 47.6 Å². The number of rotatable bonds is 1. The van der Waals surface area contributed by atoms with Gasteiger partial charge in [0, 0.05) is 0 Å². The molecule has 0 aromatic heterocycles. The lowest BCUT2D eigenvalue weighted by molar-refractivity contribution is 1.25. The van der Waals surface area contributed by atoms with Gasteiger partial charge in [-0.3, -0.25) is 0 Å². The number of allylic oxidation sites excluding steroid dienone is 6. The summed E-state index contributed by atoms with van der Waals surface area (Å²) in [5.74, 6) is 0. The molecule has 0 atom stereocenters. The van der Waals surface area contributed by atoms with E-state index in [4.69, 9.17) is 0 Å². The molecule has 0 nitrogen and oxygen atoms in total. The molecule has 1 aliphatic carbocycles. The molecule has 0 spiro atoms. The number of hydrogen-bond acceptors (Lipinski definition) is 0. The molecule has 0 heteroatoms. The van der Waals surface area contributed by atoms with Crippen LogP contribution in [0.5, 0.6) is 0 Å². The number of hydrogen-bond donors (Lipinski definition) is 0. The molecule has 0 heterocycles. The zero-order chi connectivity index (χ0) is 12.4. The third-order valence-electron chi connectivity index (χ3n) is 3.21. The van der Waals surface area contributed by atoms with Crippen molar-refractivity contribution in [1.29, 1.82) is 0 Å². The summed E-state index contributed by atoms with van der Waals surface area (Å²) in [4.78, 5) is 0. The van der Waals surface area contributed by atoms with Gasteiger partial charge in [0.25, 0.3) is 0 Å². The van der Waals surface area contributed by atoms with E-state index in [1.807, 2.05) is 0 Å². The van der Waals surface area contributed by atoms with Crippen LogP contribution in [0.15, 0.2) is 47.6 Å². The van der Waals surface area contributed by atoms with Gasteiger partial charge in [-0.2, -0.15) is 0 Å². The predicted octanol–water partition coefficient (Wildman–Crippen LogP) is 4.85. The first kappa shape index (κ1) is 11.9. The van der Waals surface area contributed by atoms with E-state index in [1.54, 1.807) is 0 Å². The predicted molar refractivity (Wildman–Crippen MR) is 76.0 cm³/mol. The Kier molecular flexibility index (Phi) is 3.33. The van der Waals surface area contributed by atoms with Gasteiger partial charge in [-0.25, -0.2) is 0 Å². The Bertz CT molecular complexity index is 521. The molecule has 0 amide bonds. The molecule has 17 heavy (non-hydrogen) atoms. The topological polar surface area (TPSA) is 0 Å². The van der Waals surface area contributed by atoms with Crippen LogP contribution in [0.25, 0.3) is 5.57 Å². The van der Waals surface area contributed by atoms with Crippen molar-refractivity contribution < 1.29 is 0 Å². The number of aryl methyl sites for hydroxylation is 1. The first-order valence-electron chi connectivity index (χ1n) is 6.22. The second-order valence-corrected chi connectivity index (χ2v) is 4.98. The molecule has 0 N–H and O–H groups in total. The molecule has 2 rings (SSSR count). The van der Waals surface area contributed by atoms with Gasteiger partial charge in [0.15, 0.2) is 0 Å². The van der Waals surface area contributed by atoms with Crippen LogP contribution >= 0.6 is 0 Å². The number of fused-ring (bicyclic) bond motifs is 1. The van der Waals surface area contributed by atoms with Crippen LogP contribution in [0.3, 0.4) is 0 Å². The van der Waals surface area contributed by atoms with Crippen LogP contribution in [-0.4, -0.2) is 0 Å². The summed E-state index contributed by atoms with van der Waals surface area (Å²) in [6, 6.07) is 6.77. The summed E-state index contributed by atoms with van der Waals surface area (Å²) in [5.41, 5.74) is 8.39. The quantitative estimate of drug-likeness (QED) is 0.640. The monoisotopic (exact) mass is 224 g/mol. The minimum atomic E-state index is 1.08. The molecule has 88 valence electrons. The Morgan fingerprint density at radius 2 is 2.00 bits per heavy atom. The van der Waals surface area contributed by atoms with E-state index in [-0.39, 0.29) is 0 Å². The average Bonchev–Trinajstić information content (AvgIpc) is 2.63. The van der Waals surface area contributed by atoms with Crippen molar-refractivity contribution in [3.05, 3.63) is 64.3 Å². The largest absolute Gasteiger partial charge is 0.0835 e. The fourth-order valence-electron chi connectivity index (χ4n) is 2.27. The zero-order valence-corrected chi connectivity index (χ0v) is 11.2. The Morgan fingerprint density at radius 3 is 2.65 bits per heavy atom. The normalized spacial score (nSPS) is 18.6. The lowest BCUT2D eigenvalue weighted by Gasteiger charge is -2.02. The first-order valence-corrected chi connectivity index (χ1v) is 6.22. The van der Waals surface area contributed by atoms with E-state index in [0.717, 1.165) is 6.42 Å². The van der Waals surface area contributed by atoms with Crippen molar-refractivity contribution in [3.63, 3.8) is 0 Å². The van der Waals surface area contributed by atoms with Crippen molar-refractivity contribution in [2.75, 3.05) is 0 Å². The SMILES string of the molecule is C/C=C1/Cc2ccc(C)cc2/C1=C/C=C(C)C. The highest BCUT2D eigenvalue weighted by atomic mass is 14.2. The molecule has 0 bridgehead atoms. The maximum absolute atomic E-state index is 2.30. The molecule has 1 aromatic rings. The minimum Gasteiger partial charge on any atom is -0.0835 e. The van der Waals surface area contributed by atoms with Crippen LogP contribution in [-0.2, 0) is 6.42 Å². The summed E-state index contributed by atoms with van der Waals surface area (Å²) in [5, 5.41) is 0. The van der Waals surface area contributed by atoms with Gasteiger partial charge in [0.2, 0.25) is 0 Å². The van der Waals surface area contributed by atoms with Crippen LogP contribution in [0.2, 0.25) is 0 Å². The van der Waals surface area contributed by atoms with Gasteiger partial charge >= 0.3 is 0 Å². The second-order valence-electron chi connectivity index (χ2n) is 4.98. The number of benzene rings is 1. The molecule has 0 saturated carbocycles. The highest BCUT2D eigenvalue weighted by Crippen LogP contribution is 2.37. The highest BCUT2D eigenvalue weighted by molar-refractivity contribution is 5.87. The molecule has 0 radical (unpaired) electrons. The van der Waals surface area contributed by atoms with Crippen LogP contribution in [0.1, 0.15) is 37.5 Å². The average molecular weight is 224 g/mol. The smallest absolute Gasteiger partial charge is 0.00167 e. The van der Waals surface area contributed by atoms with E-state index in [1.165, 1.54) is 33.4 Å². The van der Waals surface area contributed by atoms with E-state index < -0.39 is 0 Å². The third-order valence-corrected chi connectivity index (χ3v) is 3.21. The molecular weight excluding hydrogens is 204 g/mol. The van der Waals surface area contributed by atoms with E-state index in [9.17, 15) is 0 Å². The van der Waals surface area contributed by atoms with E-state index >= 15 is 0 Å². The first-order chi connectivity index (χ1) is 8.11. The van der Waals surface area contributed by atoms with Crippen molar-refractivity contribution in [2.45, 2.75) is 34.1 Å². The van der Waals surface area contributed by atoms with Gasteiger partial charge in [-0.15, -0.1) is 0 Å². The Labute approximate surface area is 104 Å². The van der Waals surface area contributed by atoms with Crippen LogP contribution in [0.4, 0.5) is 0 Å². The fraction of sp³-hybridized carbons (Fsp3) is 0.294. The van der Waals surface area contributed by atoms with Crippen LogP contribution in [0, 0.1) is 6.92 Å². The molecule has 1 aromatic carbocycles. The molecule has 0 unspecified atom stereocenters. The zero-order valence-electron chi connectivity index (χ0n) is 11.2. The summed E-state index contributed by atoms with van der Waals surface area (Å²) in [7, 11) is 0. The fourth-order valence-corrected chi connectivity index (χ4v) is 2.27. The molecular formula is C17H20. The molecule has 0 saturated heterocycles. The Balaban J connectivity index is 2.54. The van der Waals surface area contributed by atoms with Crippen LogP contribution < -0.4 is 0 Å². The summed E-state index contributed by atoms with van der Waals surface area (Å²) in [6.07, 6.45) is 7.78. The second kappa shape index (κ2) is 4.75. The maximum atomic E-state index is 2.30. The minimum absolute atomic E-state index is 1.08. The highest BCUT2D eigenvalue weighted by Gasteiger charge is 2.19. The lowest BCUT2D eigenvalue weighted by Crippen LogP contribution is -1.82. The van der Waals surface area contributed by atoms with Gasteiger partial charge in [0.05, 0.1) is 0 Å². The van der Waals surface area contributed by atoms with Gasteiger partial charge in [0.1, 0.15) is 0 Å². The lowest BCUT2D eigenvalue weighted by atomic mass is 10.0.